The van der Waals surface area contributed by atoms with E-state index in [1.807, 2.05) is 0 Å². The van der Waals surface area contributed by atoms with Crippen LogP contribution in [0.2, 0.25) is 13.1 Å². The van der Waals surface area contributed by atoms with E-state index in [4.69, 9.17) is 0 Å². The molecule has 0 nitrogen and oxygen atoms in total. The normalized spacial score (nSPS) is 16.0. The first kappa shape index (κ1) is 44.5. The minimum absolute atomic E-state index is 0.118. The molecule has 5 aliphatic rings. The molecule has 0 fully saturated rings. The van der Waals surface area contributed by atoms with Crippen LogP contribution in [-0.4, -0.2) is 8.07 Å². The van der Waals surface area contributed by atoms with E-state index in [1.165, 1.54) is 165 Å². The van der Waals surface area contributed by atoms with Gasteiger partial charge in [0.15, 0.2) is 0 Å². The SMILES string of the molecule is CC1(C)c2ccccc2-c2ccc(-c3c4ccccc4c(-c4ccc5c(c4)C(C)(C)c4ccccc4-5)c4cc5c(cc34)-c3ccc(-c4ccc6c(c4)C4(c7ccccc7-c7ccccc74)c4ccccc4-6)cc3[Si]5(C)C)cc21. The number of fused-ring (bicyclic) bond motifs is 21. The van der Waals surface area contributed by atoms with Gasteiger partial charge in [-0.05, 0) is 190 Å². The number of hydrogen-bond acceptors (Lipinski definition) is 0. The Labute approximate surface area is 458 Å². The summed E-state index contributed by atoms with van der Waals surface area (Å²) in [6.45, 7) is 14.8. The Hall–Kier alpha value is -8.62. The first-order chi connectivity index (χ1) is 38.0. The molecule has 17 rings (SSSR count). The van der Waals surface area contributed by atoms with Crippen LogP contribution in [0.4, 0.5) is 0 Å². The van der Waals surface area contributed by atoms with Crippen LogP contribution < -0.4 is 10.4 Å². The molecule has 0 saturated carbocycles. The molecule has 4 aliphatic carbocycles. The molecular weight excluding hydrogens is 953 g/mol. The average molecular weight is 1010 g/mol. The summed E-state index contributed by atoms with van der Waals surface area (Å²) in [5.74, 6) is 0. The molecule has 368 valence electrons. The van der Waals surface area contributed by atoms with Crippen molar-refractivity contribution in [2.24, 2.45) is 0 Å². The maximum Gasteiger partial charge on any atom is 0.113 e. The lowest BCUT2D eigenvalue weighted by Crippen LogP contribution is -2.49. The number of rotatable bonds is 3. The molecule has 0 saturated heterocycles. The Morgan fingerprint density at radius 3 is 1.06 bits per heavy atom. The second-order valence-corrected chi connectivity index (χ2v) is 29.0. The third kappa shape index (κ3) is 5.45. The molecule has 1 aliphatic heterocycles. The van der Waals surface area contributed by atoms with Crippen molar-refractivity contribution in [3.63, 3.8) is 0 Å². The van der Waals surface area contributed by atoms with Gasteiger partial charge < -0.3 is 0 Å². The molecule has 0 aromatic heterocycles. The van der Waals surface area contributed by atoms with Crippen molar-refractivity contribution in [1.82, 2.24) is 0 Å². The zero-order chi connectivity index (χ0) is 52.2. The van der Waals surface area contributed by atoms with Gasteiger partial charge in [-0.1, -0.05) is 247 Å². The van der Waals surface area contributed by atoms with Crippen LogP contribution in [0.5, 0.6) is 0 Å². The highest BCUT2D eigenvalue weighted by atomic mass is 28.3. The van der Waals surface area contributed by atoms with E-state index in [9.17, 15) is 0 Å². The lowest BCUT2D eigenvalue weighted by atomic mass is 9.70. The summed E-state index contributed by atoms with van der Waals surface area (Å²) < 4.78 is 0. The van der Waals surface area contributed by atoms with Gasteiger partial charge >= 0.3 is 0 Å². The summed E-state index contributed by atoms with van der Waals surface area (Å²) in [6, 6.07) is 89.7. The van der Waals surface area contributed by atoms with Gasteiger partial charge in [0, 0.05) is 10.8 Å². The Balaban J connectivity index is 0.886. The van der Waals surface area contributed by atoms with Crippen LogP contribution in [0.25, 0.3) is 111 Å². The summed E-state index contributed by atoms with van der Waals surface area (Å²) >= 11 is 0. The van der Waals surface area contributed by atoms with Crippen LogP contribution in [0.1, 0.15) is 72.2 Å². The lowest BCUT2D eigenvalue weighted by Gasteiger charge is -2.30. The molecule has 1 heterocycles. The fraction of sp³-hybridized carbons (Fsp3) is 0.117. The fourth-order valence-corrected chi connectivity index (χ4v) is 19.3. The Kier molecular flexibility index (Phi) is 8.61. The highest BCUT2D eigenvalue weighted by molar-refractivity contribution is 7.04. The van der Waals surface area contributed by atoms with Crippen molar-refractivity contribution in [3.05, 3.63) is 275 Å². The standard InChI is InChI=1S/C77H56Si/c1-75(2)63-26-14-9-19-49(63)54-36-33-47(40-68(54)75)73-58-24-7-8-25-59(58)74(48-34-37-55-50-20-10-15-27-64(50)76(3,4)69(55)41-48)62-44-72-60(43-61(62)73)57-38-32-46(42-71(57)78(72,5)6)45-31-35-56-53-23-13-18-30-67(53)77(70(56)39-45)65-28-16-11-21-51(65)52-22-12-17-29-66(52)77/h7-44H,1-6H3. The Bertz CT molecular complexity index is 4640. The highest BCUT2D eigenvalue weighted by Gasteiger charge is 2.52. The van der Waals surface area contributed by atoms with Crippen LogP contribution in [-0.2, 0) is 16.2 Å². The van der Waals surface area contributed by atoms with Crippen molar-refractivity contribution in [3.8, 4) is 89.0 Å². The molecule has 78 heavy (non-hydrogen) atoms. The Morgan fingerprint density at radius 1 is 0.244 bits per heavy atom. The van der Waals surface area contributed by atoms with Crippen LogP contribution in [0, 0.1) is 0 Å². The monoisotopic (exact) mass is 1010 g/mol. The van der Waals surface area contributed by atoms with Crippen molar-refractivity contribution in [1.29, 1.82) is 0 Å². The van der Waals surface area contributed by atoms with E-state index >= 15 is 0 Å². The minimum atomic E-state index is -2.30. The Morgan fingerprint density at radius 2 is 0.577 bits per heavy atom. The van der Waals surface area contributed by atoms with Gasteiger partial charge in [0.05, 0.1) is 5.41 Å². The smallest absolute Gasteiger partial charge is 0.0619 e. The summed E-state index contributed by atoms with van der Waals surface area (Å²) in [7, 11) is -2.30. The highest BCUT2D eigenvalue weighted by Crippen LogP contribution is 2.63. The largest absolute Gasteiger partial charge is 0.113 e. The second kappa shape index (κ2) is 15.1. The molecule has 12 aromatic rings. The maximum absolute atomic E-state index is 2.67. The van der Waals surface area contributed by atoms with Crippen LogP contribution >= 0.6 is 0 Å². The molecule has 0 amide bonds. The lowest BCUT2D eigenvalue weighted by molar-refractivity contribution is 0.660. The van der Waals surface area contributed by atoms with E-state index < -0.39 is 8.07 Å². The number of hydrogen-bond donors (Lipinski definition) is 0. The molecule has 0 bridgehead atoms. The van der Waals surface area contributed by atoms with Gasteiger partial charge in [0.2, 0.25) is 0 Å². The molecule has 1 heteroatoms. The minimum Gasteiger partial charge on any atom is -0.0619 e. The molecule has 0 atom stereocenters. The van der Waals surface area contributed by atoms with Gasteiger partial charge in [0.1, 0.15) is 8.07 Å². The number of benzene rings is 12. The predicted molar refractivity (Wildman–Crippen MR) is 331 cm³/mol. The third-order valence-electron chi connectivity index (χ3n) is 19.9. The average Bonchev–Trinajstić information content (AvgIpc) is 3.71. The summed E-state index contributed by atoms with van der Waals surface area (Å²) in [4.78, 5) is 0. The maximum atomic E-state index is 2.67. The van der Waals surface area contributed by atoms with Gasteiger partial charge in [-0.2, -0.15) is 0 Å². The van der Waals surface area contributed by atoms with E-state index in [-0.39, 0.29) is 16.2 Å². The van der Waals surface area contributed by atoms with Crippen LogP contribution in [0.3, 0.4) is 0 Å². The first-order valence-corrected chi connectivity index (χ1v) is 31.1. The molecule has 12 aromatic carbocycles. The van der Waals surface area contributed by atoms with Gasteiger partial charge in [-0.15, -0.1) is 0 Å². The summed E-state index contributed by atoms with van der Waals surface area (Å²) in [5, 5.41) is 8.30. The topological polar surface area (TPSA) is 0 Å². The van der Waals surface area contributed by atoms with E-state index in [0.29, 0.717) is 0 Å². The van der Waals surface area contributed by atoms with Crippen LogP contribution in [0.15, 0.2) is 231 Å². The zero-order valence-corrected chi connectivity index (χ0v) is 45.9. The molecule has 1 spiro atoms. The predicted octanol–water partition coefficient (Wildman–Crippen LogP) is 18.8. The summed E-state index contributed by atoms with van der Waals surface area (Å²) in [6.07, 6.45) is 0. The van der Waals surface area contributed by atoms with Gasteiger partial charge in [-0.3, -0.25) is 0 Å². The molecule has 0 radical (unpaired) electrons. The second-order valence-electron chi connectivity index (χ2n) is 24.6. The van der Waals surface area contributed by atoms with Gasteiger partial charge in [-0.25, -0.2) is 0 Å². The third-order valence-corrected chi connectivity index (χ3v) is 23.4. The zero-order valence-electron chi connectivity index (χ0n) is 44.9. The van der Waals surface area contributed by atoms with Crippen molar-refractivity contribution in [2.45, 2.75) is 57.0 Å². The first-order valence-electron chi connectivity index (χ1n) is 28.1. The van der Waals surface area contributed by atoms with E-state index in [0.717, 1.165) is 0 Å². The van der Waals surface area contributed by atoms with E-state index in [1.54, 1.807) is 0 Å². The van der Waals surface area contributed by atoms with Crippen molar-refractivity contribution >= 4 is 40.0 Å². The summed E-state index contributed by atoms with van der Waals surface area (Å²) in [5.41, 5.74) is 31.9. The molecule has 0 unspecified atom stereocenters. The van der Waals surface area contributed by atoms with Crippen molar-refractivity contribution < 1.29 is 0 Å². The molecule has 0 N–H and O–H groups in total. The van der Waals surface area contributed by atoms with E-state index in [2.05, 4.69) is 271 Å². The quantitative estimate of drug-likeness (QED) is 0.122. The molecular formula is C77H56Si. The van der Waals surface area contributed by atoms with Crippen molar-refractivity contribution in [2.75, 3.05) is 0 Å². The van der Waals surface area contributed by atoms with Gasteiger partial charge in [0.25, 0.3) is 0 Å². The fourth-order valence-electron chi connectivity index (χ4n) is 16.2.